The SMILES string of the molecule is Cc1cc2cc(N)ccc2nc1N1CCCCC1C. The highest BCUT2D eigenvalue weighted by molar-refractivity contribution is 5.84. The molecule has 1 unspecified atom stereocenters. The first-order valence-corrected chi connectivity index (χ1v) is 7.08. The van der Waals surface area contributed by atoms with Crippen LogP contribution < -0.4 is 10.6 Å². The van der Waals surface area contributed by atoms with Crippen LogP contribution in [0.25, 0.3) is 10.9 Å². The van der Waals surface area contributed by atoms with Gasteiger partial charge in [0.25, 0.3) is 0 Å². The number of aryl methyl sites for hydroxylation is 1. The molecule has 1 saturated heterocycles. The molecule has 3 rings (SSSR count). The summed E-state index contributed by atoms with van der Waals surface area (Å²) in [4.78, 5) is 7.31. The number of rotatable bonds is 1. The molecule has 0 bridgehead atoms. The molecule has 1 aliphatic rings. The lowest BCUT2D eigenvalue weighted by Gasteiger charge is -2.35. The van der Waals surface area contributed by atoms with Gasteiger partial charge in [-0.05, 0) is 62.9 Å². The number of hydrogen-bond donors (Lipinski definition) is 1. The number of nitrogens with zero attached hydrogens (tertiary/aromatic N) is 2. The van der Waals surface area contributed by atoms with E-state index < -0.39 is 0 Å². The number of pyridine rings is 1. The van der Waals surface area contributed by atoms with Crippen LogP contribution in [0, 0.1) is 6.92 Å². The molecule has 1 aliphatic heterocycles. The van der Waals surface area contributed by atoms with Crippen molar-refractivity contribution in [3.05, 3.63) is 29.8 Å². The summed E-state index contributed by atoms with van der Waals surface area (Å²) in [6.07, 6.45) is 3.87. The van der Waals surface area contributed by atoms with Gasteiger partial charge in [-0.25, -0.2) is 4.98 Å². The molecule has 19 heavy (non-hydrogen) atoms. The number of benzene rings is 1. The lowest BCUT2D eigenvalue weighted by molar-refractivity contribution is 0.481. The van der Waals surface area contributed by atoms with Crippen LogP contribution in [0.3, 0.4) is 0 Å². The molecular formula is C16H21N3. The highest BCUT2D eigenvalue weighted by Gasteiger charge is 2.21. The Morgan fingerprint density at radius 1 is 1.26 bits per heavy atom. The Balaban J connectivity index is 2.08. The monoisotopic (exact) mass is 255 g/mol. The molecular weight excluding hydrogens is 234 g/mol. The lowest BCUT2D eigenvalue weighted by Crippen LogP contribution is -2.38. The molecule has 100 valence electrons. The van der Waals surface area contributed by atoms with Crippen LogP contribution in [-0.2, 0) is 0 Å². The van der Waals surface area contributed by atoms with Crippen molar-refractivity contribution in [1.82, 2.24) is 4.98 Å². The largest absolute Gasteiger partial charge is 0.399 e. The smallest absolute Gasteiger partial charge is 0.132 e. The number of anilines is 2. The van der Waals surface area contributed by atoms with E-state index in [2.05, 4.69) is 24.8 Å². The third-order valence-electron chi connectivity index (χ3n) is 4.08. The van der Waals surface area contributed by atoms with E-state index in [0.29, 0.717) is 6.04 Å². The minimum atomic E-state index is 0.589. The van der Waals surface area contributed by atoms with Crippen molar-refractivity contribution in [2.45, 2.75) is 39.2 Å². The highest BCUT2D eigenvalue weighted by atomic mass is 15.2. The highest BCUT2D eigenvalue weighted by Crippen LogP contribution is 2.29. The van der Waals surface area contributed by atoms with E-state index in [0.717, 1.165) is 29.0 Å². The molecule has 3 heteroatoms. The van der Waals surface area contributed by atoms with Gasteiger partial charge in [0.15, 0.2) is 0 Å². The van der Waals surface area contributed by atoms with Crippen molar-refractivity contribution in [2.75, 3.05) is 17.2 Å². The molecule has 0 spiro atoms. The molecule has 1 atom stereocenters. The fourth-order valence-electron chi connectivity index (χ4n) is 2.99. The minimum Gasteiger partial charge on any atom is -0.399 e. The summed E-state index contributed by atoms with van der Waals surface area (Å²) in [6, 6.07) is 8.73. The first-order chi connectivity index (χ1) is 9.15. The van der Waals surface area contributed by atoms with Crippen molar-refractivity contribution < 1.29 is 0 Å². The van der Waals surface area contributed by atoms with Gasteiger partial charge in [0.05, 0.1) is 5.52 Å². The van der Waals surface area contributed by atoms with Gasteiger partial charge in [-0.2, -0.15) is 0 Å². The Hall–Kier alpha value is -1.77. The van der Waals surface area contributed by atoms with E-state index in [-0.39, 0.29) is 0 Å². The predicted octanol–water partition coefficient (Wildman–Crippen LogP) is 3.50. The summed E-state index contributed by atoms with van der Waals surface area (Å²) in [6.45, 7) is 5.56. The van der Waals surface area contributed by atoms with Crippen molar-refractivity contribution in [2.24, 2.45) is 0 Å². The number of hydrogen-bond acceptors (Lipinski definition) is 3. The molecule has 1 aromatic carbocycles. The lowest BCUT2D eigenvalue weighted by atomic mass is 10.0. The molecule has 0 saturated carbocycles. The Morgan fingerprint density at radius 2 is 2.11 bits per heavy atom. The Labute approximate surface area is 114 Å². The normalized spacial score (nSPS) is 19.9. The molecule has 2 aromatic rings. The third kappa shape index (κ3) is 2.25. The van der Waals surface area contributed by atoms with Gasteiger partial charge in [0, 0.05) is 23.7 Å². The van der Waals surface area contributed by atoms with Gasteiger partial charge in [-0.1, -0.05) is 0 Å². The zero-order valence-electron chi connectivity index (χ0n) is 11.7. The maximum Gasteiger partial charge on any atom is 0.132 e. The molecule has 3 nitrogen and oxygen atoms in total. The summed E-state index contributed by atoms with van der Waals surface area (Å²) >= 11 is 0. The van der Waals surface area contributed by atoms with Crippen molar-refractivity contribution in [3.8, 4) is 0 Å². The average Bonchev–Trinajstić information content (AvgIpc) is 2.39. The van der Waals surface area contributed by atoms with Gasteiger partial charge < -0.3 is 10.6 Å². The predicted molar refractivity (Wildman–Crippen MR) is 81.6 cm³/mol. The number of nitrogens with two attached hydrogens (primary N) is 1. The van der Waals surface area contributed by atoms with E-state index in [1.807, 2.05) is 18.2 Å². The van der Waals surface area contributed by atoms with Gasteiger partial charge in [0.1, 0.15) is 5.82 Å². The van der Waals surface area contributed by atoms with E-state index >= 15 is 0 Å². The van der Waals surface area contributed by atoms with E-state index in [1.165, 1.54) is 24.8 Å². The van der Waals surface area contributed by atoms with Crippen LogP contribution in [0.4, 0.5) is 11.5 Å². The summed E-state index contributed by atoms with van der Waals surface area (Å²) in [5.41, 5.74) is 8.91. The van der Waals surface area contributed by atoms with Gasteiger partial charge in [0.2, 0.25) is 0 Å². The van der Waals surface area contributed by atoms with Crippen LogP contribution in [0.5, 0.6) is 0 Å². The van der Waals surface area contributed by atoms with Gasteiger partial charge in [-0.3, -0.25) is 0 Å². The van der Waals surface area contributed by atoms with Crippen LogP contribution in [0.2, 0.25) is 0 Å². The molecule has 0 amide bonds. The molecule has 1 fully saturated rings. The first-order valence-electron chi connectivity index (χ1n) is 7.08. The quantitative estimate of drug-likeness (QED) is 0.793. The zero-order chi connectivity index (χ0) is 13.4. The van der Waals surface area contributed by atoms with E-state index in [4.69, 9.17) is 10.7 Å². The minimum absolute atomic E-state index is 0.589. The van der Waals surface area contributed by atoms with Gasteiger partial charge in [-0.15, -0.1) is 0 Å². The number of aromatic nitrogens is 1. The van der Waals surface area contributed by atoms with Crippen molar-refractivity contribution >= 4 is 22.4 Å². The zero-order valence-corrected chi connectivity index (χ0v) is 11.7. The molecule has 0 radical (unpaired) electrons. The molecule has 0 aliphatic carbocycles. The summed E-state index contributed by atoms with van der Waals surface area (Å²) in [5.74, 6) is 1.14. The number of piperidine rings is 1. The van der Waals surface area contributed by atoms with Crippen LogP contribution in [0.1, 0.15) is 31.7 Å². The maximum absolute atomic E-state index is 5.84. The van der Waals surface area contributed by atoms with Crippen LogP contribution in [-0.4, -0.2) is 17.6 Å². The fourth-order valence-corrected chi connectivity index (χ4v) is 2.99. The third-order valence-corrected chi connectivity index (χ3v) is 4.08. The van der Waals surface area contributed by atoms with E-state index in [1.54, 1.807) is 0 Å². The second-order valence-electron chi connectivity index (χ2n) is 5.62. The fraction of sp³-hybridized carbons (Fsp3) is 0.438. The molecule has 1 aromatic heterocycles. The maximum atomic E-state index is 5.84. The topological polar surface area (TPSA) is 42.1 Å². The Bertz CT molecular complexity index is 606. The Kier molecular flexibility index (Phi) is 3.05. The summed E-state index contributed by atoms with van der Waals surface area (Å²) in [7, 11) is 0. The van der Waals surface area contributed by atoms with Crippen molar-refractivity contribution in [3.63, 3.8) is 0 Å². The van der Waals surface area contributed by atoms with Crippen molar-refractivity contribution in [1.29, 1.82) is 0 Å². The van der Waals surface area contributed by atoms with Gasteiger partial charge >= 0.3 is 0 Å². The number of fused-ring (bicyclic) bond motifs is 1. The van der Waals surface area contributed by atoms with Crippen LogP contribution in [0.15, 0.2) is 24.3 Å². The Morgan fingerprint density at radius 3 is 2.89 bits per heavy atom. The number of nitrogen functional groups attached to an aromatic ring is 1. The van der Waals surface area contributed by atoms with Crippen LogP contribution >= 0.6 is 0 Å². The summed E-state index contributed by atoms with van der Waals surface area (Å²) in [5, 5.41) is 1.13. The standard InChI is InChI=1S/C16H21N3/c1-11-9-13-10-14(17)6-7-15(13)18-16(11)19-8-4-3-5-12(19)2/h6-7,9-10,12H,3-5,8,17H2,1-2H3. The molecule has 2 heterocycles. The molecule has 2 N–H and O–H groups in total. The summed E-state index contributed by atoms with van der Waals surface area (Å²) < 4.78 is 0. The first kappa shape index (κ1) is 12.3. The van der Waals surface area contributed by atoms with E-state index in [9.17, 15) is 0 Å². The second-order valence-corrected chi connectivity index (χ2v) is 5.62. The average molecular weight is 255 g/mol. The second kappa shape index (κ2) is 4.72.